The van der Waals surface area contributed by atoms with Gasteiger partial charge >= 0.3 is 5.97 Å². The van der Waals surface area contributed by atoms with Crippen LogP contribution in [0.25, 0.3) is 0 Å². The normalized spacial score (nSPS) is 16.0. The molecule has 0 spiro atoms. The van der Waals surface area contributed by atoms with Gasteiger partial charge in [0.05, 0.1) is 19.8 Å². The largest absolute Gasteiger partial charge is 0.498 e. The van der Waals surface area contributed by atoms with E-state index in [1.54, 1.807) is 0 Å². The fraction of sp³-hybridized carbons (Fsp3) is 0.815. The van der Waals surface area contributed by atoms with Crippen LogP contribution in [0.5, 0.6) is 0 Å². The maximum Gasteiger partial charge on any atom is 0.305 e. The Balaban J connectivity index is 2.19. The Morgan fingerprint density at radius 3 is 2.16 bits per heavy atom. The first-order valence-electron chi connectivity index (χ1n) is 13.0. The topological polar surface area (TPSA) is 48.0 Å². The number of ether oxygens (including phenoxy) is 3. The summed E-state index contributed by atoms with van der Waals surface area (Å²) in [4.78, 5) is 13.5. The molecule has 186 valence electrons. The summed E-state index contributed by atoms with van der Waals surface area (Å²) in [6, 6.07) is 0. The van der Waals surface area contributed by atoms with E-state index in [4.69, 9.17) is 14.2 Å². The van der Waals surface area contributed by atoms with Crippen LogP contribution < -0.4 is 0 Å². The molecule has 0 N–H and O–H groups in total. The van der Waals surface area contributed by atoms with Crippen molar-refractivity contribution in [2.24, 2.45) is 5.92 Å². The van der Waals surface area contributed by atoms with Crippen LogP contribution >= 0.6 is 0 Å². The van der Waals surface area contributed by atoms with Crippen LogP contribution in [0.4, 0.5) is 0 Å². The fourth-order valence-corrected chi connectivity index (χ4v) is 3.89. The highest BCUT2D eigenvalue weighted by molar-refractivity contribution is 5.69. The number of carbonyl (C=O) groups is 1. The third-order valence-corrected chi connectivity index (χ3v) is 5.58. The Labute approximate surface area is 197 Å². The maximum atomic E-state index is 11.3. The monoisotopic (exact) mass is 451 g/mol. The van der Waals surface area contributed by atoms with Crippen molar-refractivity contribution in [1.29, 1.82) is 0 Å². The molecule has 5 heteroatoms. The Morgan fingerprint density at radius 2 is 1.50 bits per heavy atom. The van der Waals surface area contributed by atoms with Gasteiger partial charge in [-0.15, -0.1) is 0 Å². The van der Waals surface area contributed by atoms with Crippen molar-refractivity contribution in [3.05, 3.63) is 23.7 Å². The fourth-order valence-electron chi connectivity index (χ4n) is 3.89. The van der Waals surface area contributed by atoms with Crippen molar-refractivity contribution >= 4 is 5.97 Å². The minimum atomic E-state index is -0.0608. The van der Waals surface area contributed by atoms with Crippen LogP contribution in [0.3, 0.4) is 0 Å². The molecular formula is C27H49NO4. The zero-order valence-electron chi connectivity index (χ0n) is 21.3. The van der Waals surface area contributed by atoms with E-state index in [0.29, 0.717) is 18.9 Å². The van der Waals surface area contributed by atoms with E-state index >= 15 is 0 Å². The molecule has 0 bridgehead atoms. The van der Waals surface area contributed by atoms with E-state index in [1.807, 2.05) is 6.92 Å². The first-order valence-corrected chi connectivity index (χ1v) is 13.0. The highest BCUT2D eigenvalue weighted by atomic mass is 16.5. The number of rotatable bonds is 20. The molecule has 0 aromatic heterocycles. The third kappa shape index (κ3) is 15.3. The van der Waals surface area contributed by atoms with Gasteiger partial charge < -0.3 is 19.1 Å². The first-order chi connectivity index (χ1) is 15.5. The lowest BCUT2D eigenvalue weighted by Gasteiger charge is -2.24. The minimum absolute atomic E-state index is 0.0608. The van der Waals surface area contributed by atoms with Gasteiger partial charge in [0.2, 0.25) is 0 Å². The van der Waals surface area contributed by atoms with Gasteiger partial charge in [0, 0.05) is 31.4 Å². The highest BCUT2D eigenvalue weighted by Crippen LogP contribution is 2.25. The van der Waals surface area contributed by atoms with E-state index < -0.39 is 0 Å². The van der Waals surface area contributed by atoms with Crippen molar-refractivity contribution in [3.63, 3.8) is 0 Å². The molecule has 0 aromatic carbocycles. The third-order valence-electron chi connectivity index (χ3n) is 5.58. The molecule has 0 heterocycles. The van der Waals surface area contributed by atoms with Crippen molar-refractivity contribution in [2.45, 2.75) is 97.3 Å². The van der Waals surface area contributed by atoms with E-state index in [1.165, 1.54) is 38.5 Å². The number of hydrogen-bond acceptors (Lipinski definition) is 5. The number of allylic oxidation sites excluding steroid dienone is 2. The summed E-state index contributed by atoms with van der Waals surface area (Å²) in [6.45, 7) is 7.38. The summed E-state index contributed by atoms with van der Waals surface area (Å²) in [6.07, 6.45) is 18.4. The lowest BCUT2D eigenvalue weighted by Crippen LogP contribution is -2.23. The molecule has 1 atom stereocenters. The Bertz CT molecular complexity index is 542. The Morgan fingerprint density at radius 1 is 0.875 bits per heavy atom. The molecular weight excluding hydrogens is 402 g/mol. The molecule has 1 unspecified atom stereocenters. The molecule has 32 heavy (non-hydrogen) atoms. The van der Waals surface area contributed by atoms with Gasteiger partial charge in [-0.05, 0) is 45.9 Å². The lowest BCUT2D eigenvalue weighted by molar-refractivity contribution is -0.143. The number of unbranched alkanes of at least 4 members (excludes halogenated alkanes) is 8. The minimum Gasteiger partial charge on any atom is -0.498 e. The standard InChI is InChI=1S/C27H49NO4/c1-5-7-8-13-17-30-25-20-24(23-28(3)4)21-26(22-25)31-18-14-11-9-10-12-15-19-32-27(29)16-6-2/h20,22,24H,5-19,21,23H2,1-4H3. The second kappa shape index (κ2) is 19.0. The summed E-state index contributed by atoms with van der Waals surface area (Å²) in [5.74, 6) is 2.43. The molecule has 1 aliphatic rings. The second-order valence-electron chi connectivity index (χ2n) is 9.26. The average molecular weight is 452 g/mol. The van der Waals surface area contributed by atoms with Crippen LogP contribution in [0.15, 0.2) is 23.7 Å². The summed E-state index contributed by atoms with van der Waals surface area (Å²) < 4.78 is 17.4. The van der Waals surface area contributed by atoms with Crippen molar-refractivity contribution in [2.75, 3.05) is 40.5 Å². The van der Waals surface area contributed by atoms with E-state index in [9.17, 15) is 4.79 Å². The maximum absolute atomic E-state index is 11.3. The van der Waals surface area contributed by atoms with Crippen molar-refractivity contribution < 1.29 is 19.0 Å². The van der Waals surface area contributed by atoms with E-state index in [0.717, 1.165) is 69.8 Å². The average Bonchev–Trinajstić information content (AvgIpc) is 2.74. The van der Waals surface area contributed by atoms with Crippen molar-refractivity contribution in [1.82, 2.24) is 4.90 Å². The number of esters is 1. The molecule has 0 fully saturated rings. The van der Waals surface area contributed by atoms with Crippen LogP contribution in [-0.2, 0) is 19.0 Å². The van der Waals surface area contributed by atoms with Gasteiger partial charge in [-0.2, -0.15) is 0 Å². The Hall–Kier alpha value is -1.49. The molecule has 1 aliphatic carbocycles. The van der Waals surface area contributed by atoms with Crippen LogP contribution in [0.1, 0.15) is 97.3 Å². The SMILES string of the molecule is CCCCCCOC1=CC(CN(C)C)CC(OCCCCCCCCOC(=O)CCC)=C1. The van der Waals surface area contributed by atoms with E-state index in [2.05, 4.69) is 38.1 Å². The Kier molecular flexibility index (Phi) is 17.0. The predicted molar refractivity (Wildman–Crippen MR) is 132 cm³/mol. The zero-order valence-corrected chi connectivity index (χ0v) is 21.3. The molecule has 0 saturated carbocycles. The predicted octanol–water partition coefficient (Wildman–Crippen LogP) is 6.63. The van der Waals surface area contributed by atoms with Crippen LogP contribution in [0.2, 0.25) is 0 Å². The molecule has 0 amide bonds. The van der Waals surface area contributed by atoms with Crippen LogP contribution in [-0.4, -0.2) is 51.3 Å². The molecule has 5 nitrogen and oxygen atoms in total. The van der Waals surface area contributed by atoms with Gasteiger partial charge in [0.25, 0.3) is 0 Å². The van der Waals surface area contributed by atoms with Gasteiger partial charge in [-0.1, -0.05) is 58.8 Å². The molecule has 0 aromatic rings. The summed E-state index contributed by atoms with van der Waals surface area (Å²) in [5, 5.41) is 0. The highest BCUT2D eigenvalue weighted by Gasteiger charge is 2.18. The van der Waals surface area contributed by atoms with Crippen LogP contribution in [0, 0.1) is 5.92 Å². The van der Waals surface area contributed by atoms with E-state index in [-0.39, 0.29) is 5.97 Å². The number of hydrogen-bond donors (Lipinski definition) is 0. The summed E-state index contributed by atoms with van der Waals surface area (Å²) in [7, 11) is 4.24. The van der Waals surface area contributed by atoms with Crippen molar-refractivity contribution in [3.8, 4) is 0 Å². The number of carbonyl (C=O) groups excluding carboxylic acids is 1. The molecule has 0 saturated heterocycles. The lowest BCUT2D eigenvalue weighted by atomic mass is 9.98. The van der Waals surface area contributed by atoms with Gasteiger partial charge in [-0.3, -0.25) is 4.79 Å². The van der Waals surface area contributed by atoms with Gasteiger partial charge in [0.15, 0.2) is 0 Å². The number of nitrogens with zero attached hydrogens (tertiary/aromatic N) is 1. The van der Waals surface area contributed by atoms with Gasteiger partial charge in [0.1, 0.15) is 11.5 Å². The quantitative estimate of drug-likeness (QED) is 0.153. The zero-order chi connectivity index (χ0) is 23.4. The molecule has 0 aliphatic heterocycles. The second-order valence-corrected chi connectivity index (χ2v) is 9.26. The smallest absolute Gasteiger partial charge is 0.305 e. The molecule has 0 radical (unpaired) electrons. The molecule has 1 rings (SSSR count). The summed E-state index contributed by atoms with van der Waals surface area (Å²) in [5.41, 5.74) is 0. The summed E-state index contributed by atoms with van der Waals surface area (Å²) >= 11 is 0. The first kappa shape index (κ1) is 28.5. The van der Waals surface area contributed by atoms with Gasteiger partial charge in [-0.25, -0.2) is 0 Å².